The van der Waals surface area contributed by atoms with Crippen LogP contribution in [0.3, 0.4) is 0 Å². The second-order valence-corrected chi connectivity index (χ2v) is 11.0. The van der Waals surface area contributed by atoms with Crippen molar-refractivity contribution in [2.75, 3.05) is 42.7 Å². The first kappa shape index (κ1) is 23.9. The van der Waals surface area contributed by atoms with Gasteiger partial charge in [0.25, 0.3) is 0 Å². The maximum Gasteiger partial charge on any atom is 0.227 e. The second kappa shape index (κ2) is 9.80. The summed E-state index contributed by atoms with van der Waals surface area (Å²) in [7, 11) is -3.17. The van der Waals surface area contributed by atoms with Crippen molar-refractivity contribution in [1.82, 2.24) is 33.6 Å². The predicted molar refractivity (Wildman–Crippen MR) is 146 cm³/mol. The molecular weight excluding hydrogens is 502 g/mol. The van der Waals surface area contributed by atoms with Crippen LogP contribution in [0.15, 0.2) is 79.6 Å². The van der Waals surface area contributed by atoms with E-state index in [4.69, 9.17) is 4.98 Å². The summed E-state index contributed by atoms with van der Waals surface area (Å²) in [5, 5.41) is 3.22. The van der Waals surface area contributed by atoms with Gasteiger partial charge in [-0.25, -0.2) is 28.4 Å². The number of pyridine rings is 3. The van der Waals surface area contributed by atoms with Crippen molar-refractivity contribution >= 4 is 33.1 Å². The molecule has 38 heavy (non-hydrogen) atoms. The largest absolute Gasteiger partial charge is 0.354 e. The van der Waals surface area contributed by atoms with E-state index in [1.807, 2.05) is 59.3 Å². The molecule has 11 nitrogen and oxygen atoms in total. The highest BCUT2D eigenvalue weighted by atomic mass is 32.2. The van der Waals surface area contributed by atoms with Crippen LogP contribution in [0.2, 0.25) is 0 Å². The van der Waals surface area contributed by atoms with Gasteiger partial charge in [0.05, 0.1) is 35.7 Å². The summed E-state index contributed by atoms with van der Waals surface area (Å²) >= 11 is 0. The molecule has 0 unspecified atom stereocenters. The lowest BCUT2D eigenvalue weighted by atomic mass is 10.1. The lowest BCUT2D eigenvalue weighted by Gasteiger charge is -2.33. The summed E-state index contributed by atoms with van der Waals surface area (Å²) in [6, 6.07) is 13.6. The Hall–Kier alpha value is -4.42. The molecule has 0 spiro atoms. The Bertz CT molecular complexity index is 1680. The highest BCUT2D eigenvalue weighted by molar-refractivity contribution is 7.88. The number of fused-ring (bicyclic) bond motifs is 1. The zero-order valence-electron chi connectivity index (χ0n) is 20.6. The minimum atomic E-state index is -3.17. The third-order valence-corrected chi connectivity index (χ3v) is 7.76. The highest BCUT2D eigenvalue weighted by Gasteiger charge is 2.24. The van der Waals surface area contributed by atoms with Crippen LogP contribution in [0.4, 0.5) is 17.5 Å². The van der Waals surface area contributed by atoms with Crippen molar-refractivity contribution in [1.29, 1.82) is 0 Å². The van der Waals surface area contributed by atoms with Gasteiger partial charge in [-0.15, -0.1) is 0 Å². The van der Waals surface area contributed by atoms with Gasteiger partial charge in [-0.1, -0.05) is 6.07 Å². The molecule has 0 saturated carbocycles. The average Bonchev–Trinajstić information content (AvgIpc) is 3.37. The fourth-order valence-corrected chi connectivity index (χ4v) is 5.29. The summed E-state index contributed by atoms with van der Waals surface area (Å²) < 4.78 is 27.0. The molecule has 0 amide bonds. The van der Waals surface area contributed by atoms with Gasteiger partial charge in [-0.05, 0) is 36.4 Å². The standard InChI is InChI=1S/C26H25N9O2S/c1-38(36,37)34-13-11-33(12-14-34)24-7-5-21(16-29-24)31-26-28-10-8-22(32-26)23-17-30-25-6-4-20(18-35(23)25)19-3-2-9-27-15-19/h2-10,15-18H,11-14H2,1H3,(H,28,31,32). The van der Waals surface area contributed by atoms with Crippen molar-refractivity contribution in [2.24, 2.45) is 0 Å². The third-order valence-electron chi connectivity index (χ3n) is 6.45. The van der Waals surface area contributed by atoms with Gasteiger partial charge < -0.3 is 10.2 Å². The fourth-order valence-electron chi connectivity index (χ4n) is 4.46. The van der Waals surface area contributed by atoms with Crippen molar-refractivity contribution in [2.45, 2.75) is 0 Å². The van der Waals surface area contributed by atoms with Crippen LogP contribution in [-0.4, -0.2) is 74.5 Å². The van der Waals surface area contributed by atoms with Crippen molar-refractivity contribution in [3.8, 4) is 22.5 Å². The maximum absolute atomic E-state index is 11.7. The maximum atomic E-state index is 11.7. The topological polar surface area (TPSA) is 122 Å². The molecule has 0 aliphatic carbocycles. The summed E-state index contributed by atoms with van der Waals surface area (Å²) in [5.74, 6) is 1.24. The van der Waals surface area contributed by atoms with E-state index >= 15 is 0 Å². The van der Waals surface area contributed by atoms with E-state index in [9.17, 15) is 8.42 Å². The number of piperazine rings is 1. The van der Waals surface area contributed by atoms with E-state index < -0.39 is 10.0 Å². The molecule has 1 fully saturated rings. The lowest BCUT2D eigenvalue weighted by Crippen LogP contribution is -2.48. The molecule has 6 heterocycles. The van der Waals surface area contributed by atoms with Crippen LogP contribution < -0.4 is 10.2 Å². The molecular formula is C26H25N9O2S. The smallest absolute Gasteiger partial charge is 0.227 e. The number of nitrogens with one attached hydrogen (secondary N) is 1. The molecule has 0 atom stereocenters. The highest BCUT2D eigenvalue weighted by Crippen LogP contribution is 2.25. The van der Waals surface area contributed by atoms with E-state index in [2.05, 4.69) is 30.2 Å². The van der Waals surface area contributed by atoms with Gasteiger partial charge in [0, 0.05) is 62.1 Å². The van der Waals surface area contributed by atoms with E-state index in [0.717, 1.165) is 39.7 Å². The summed E-state index contributed by atoms with van der Waals surface area (Å²) in [4.78, 5) is 24.5. The van der Waals surface area contributed by atoms with Crippen LogP contribution in [0.25, 0.3) is 28.2 Å². The van der Waals surface area contributed by atoms with Crippen LogP contribution in [0.5, 0.6) is 0 Å². The zero-order valence-corrected chi connectivity index (χ0v) is 21.5. The molecule has 0 radical (unpaired) electrons. The molecule has 1 N–H and O–H groups in total. The van der Waals surface area contributed by atoms with Gasteiger partial charge in [0.15, 0.2) is 0 Å². The molecule has 12 heteroatoms. The van der Waals surface area contributed by atoms with Crippen LogP contribution in [0.1, 0.15) is 0 Å². The van der Waals surface area contributed by atoms with E-state index in [1.165, 1.54) is 10.6 Å². The molecule has 6 rings (SSSR count). The second-order valence-electron chi connectivity index (χ2n) is 8.98. The van der Waals surface area contributed by atoms with Crippen molar-refractivity contribution in [3.63, 3.8) is 0 Å². The Labute approximate surface area is 219 Å². The van der Waals surface area contributed by atoms with Crippen LogP contribution in [0, 0.1) is 0 Å². The van der Waals surface area contributed by atoms with Crippen LogP contribution in [-0.2, 0) is 10.0 Å². The van der Waals surface area contributed by atoms with Gasteiger partial charge in [0.1, 0.15) is 11.5 Å². The lowest BCUT2D eigenvalue weighted by molar-refractivity contribution is 0.387. The van der Waals surface area contributed by atoms with Gasteiger partial charge in [-0.2, -0.15) is 4.31 Å². The number of imidazole rings is 1. The number of hydrogen-bond donors (Lipinski definition) is 1. The zero-order chi connectivity index (χ0) is 26.1. The SMILES string of the molecule is CS(=O)(=O)N1CCN(c2ccc(Nc3nccc(-c4cnc5ccc(-c6cccnc6)cn45)n3)cn2)CC1. The molecule has 5 aromatic rings. The molecule has 0 aromatic carbocycles. The Morgan fingerprint density at radius 3 is 2.45 bits per heavy atom. The first-order valence-electron chi connectivity index (χ1n) is 12.1. The fraction of sp³-hybridized carbons (Fsp3) is 0.192. The monoisotopic (exact) mass is 527 g/mol. The number of nitrogens with zero attached hydrogens (tertiary/aromatic N) is 8. The molecule has 0 bridgehead atoms. The van der Waals surface area contributed by atoms with Crippen molar-refractivity contribution in [3.05, 3.63) is 79.6 Å². The third kappa shape index (κ3) is 4.91. The molecule has 192 valence electrons. The van der Waals surface area contributed by atoms with Crippen molar-refractivity contribution < 1.29 is 8.42 Å². The van der Waals surface area contributed by atoms with Gasteiger partial charge in [-0.3, -0.25) is 9.38 Å². The molecule has 1 aliphatic heterocycles. The first-order valence-corrected chi connectivity index (χ1v) is 13.9. The molecule has 5 aromatic heterocycles. The number of sulfonamides is 1. The minimum Gasteiger partial charge on any atom is -0.354 e. The summed E-state index contributed by atoms with van der Waals surface area (Å²) in [6.45, 7) is 2.10. The average molecular weight is 528 g/mol. The normalized spacial score (nSPS) is 14.6. The summed E-state index contributed by atoms with van der Waals surface area (Å²) in [5.41, 5.74) is 5.19. The van der Waals surface area contributed by atoms with Gasteiger partial charge >= 0.3 is 0 Å². The van der Waals surface area contributed by atoms with E-state index in [-0.39, 0.29) is 0 Å². The minimum absolute atomic E-state index is 0.442. The summed E-state index contributed by atoms with van der Waals surface area (Å²) in [6.07, 6.45) is 12.1. The number of aromatic nitrogens is 6. The molecule has 1 aliphatic rings. The van der Waals surface area contributed by atoms with Gasteiger partial charge in [0.2, 0.25) is 16.0 Å². The Morgan fingerprint density at radius 1 is 0.842 bits per heavy atom. The van der Waals surface area contributed by atoms with Crippen LogP contribution >= 0.6 is 0 Å². The van der Waals surface area contributed by atoms with E-state index in [1.54, 1.807) is 24.8 Å². The number of rotatable bonds is 6. The molecule has 1 saturated heterocycles. The first-order chi connectivity index (χ1) is 18.4. The Balaban J connectivity index is 1.19. The number of anilines is 3. The predicted octanol–water partition coefficient (Wildman–Crippen LogP) is 3.07. The van der Waals surface area contributed by atoms with E-state index in [0.29, 0.717) is 32.1 Å². The quantitative estimate of drug-likeness (QED) is 0.355. The Kier molecular flexibility index (Phi) is 6.18. The number of hydrogen-bond acceptors (Lipinski definition) is 9. The Morgan fingerprint density at radius 2 is 1.71 bits per heavy atom.